The van der Waals surface area contributed by atoms with Gasteiger partial charge in [-0.05, 0) is 12.1 Å². The summed E-state index contributed by atoms with van der Waals surface area (Å²) >= 11 is 5.71. The van der Waals surface area contributed by atoms with Crippen molar-refractivity contribution in [3.63, 3.8) is 0 Å². The summed E-state index contributed by atoms with van der Waals surface area (Å²) in [5, 5.41) is -0.0333. The molecule has 0 amide bonds. The predicted molar refractivity (Wildman–Crippen MR) is 65.2 cm³/mol. The van der Waals surface area contributed by atoms with E-state index in [4.69, 9.17) is 28.8 Å². The second kappa shape index (κ2) is 6.01. The van der Waals surface area contributed by atoms with Gasteiger partial charge in [0.25, 0.3) is 0 Å². The van der Waals surface area contributed by atoms with Crippen LogP contribution >= 0.6 is 11.6 Å². The van der Waals surface area contributed by atoms with Gasteiger partial charge >= 0.3 is 6.61 Å². The Hall–Kier alpha value is -2.09. The number of para-hydroxylation sites is 1. The van der Waals surface area contributed by atoms with Gasteiger partial charge < -0.3 is 21.9 Å². The fourth-order valence-corrected chi connectivity index (χ4v) is 1.29. The molecule has 0 radical (unpaired) electrons. The molecule has 0 aliphatic heterocycles. The average molecular weight is 278 g/mol. The number of halogens is 3. The molecule has 9 heteroatoms. The highest BCUT2D eigenvalue weighted by atomic mass is 35.5. The summed E-state index contributed by atoms with van der Waals surface area (Å²) in [6.45, 7) is -3.04. The highest BCUT2D eigenvalue weighted by molar-refractivity contribution is 6.32. The third-order valence-electron chi connectivity index (χ3n) is 1.63. The highest BCUT2D eigenvalue weighted by Crippen LogP contribution is 2.36. The van der Waals surface area contributed by atoms with Crippen LogP contribution < -0.4 is 21.9 Å². The van der Waals surface area contributed by atoms with Gasteiger partial charge in [-0.15, -0.1) is 0 Å². The van der Waals surface area contributed by atoms with Gasteiger partial charge in [-0.3, -0.25) is 0 Å². The van der Waals surface area contributed by atoms with Crippen LogP contribution in [0.1, 0.15) is 0 Å². The number of hydrogen-bond donors (Lipinski definition) is 3. The quantitative estimate of drug-likeness (QED) is 0.568. The second-order valence-electron chi connectivity index (χ2n) is 2.97. The summed E-state index contributed by atoms with van der Waals surface area (Å²) in [5.41, 5.74) is 15.5. The largest absolute Gasteiger partial charge is 0.431 e. The molecule has 6 N–H and O–H groups in total. The molecule has 0 heterocycles. The normalized spacial score (nSPS) is 11.4. The number of ether oxygens (including phenoxy) is 1. The third kappa shape index (κ3) is 4.06. The van der Waals surface area contributed by atoms with Gasteiger partial charge in [0.1, 0.15) is 5.69 Å². The Morgan fingerprint density at radius 3 is 2.50 bits per heavy atom. The summed E-state index contributed by atoms with van der Waals surface area (Å²) in [7, 11) is 0. The van der Waals surface area contributed by atoms with Gasteiger partial charge in [0.2, 0.25) is 5.96 Å². The van der Waals surface area contributed by atoms with Crippen molar-refractivity contribution < 1.29 is 13.5 Å². The third-order valence-corrected chi connectivity index (χ3v) is 1.93. The van der Waals surface area contributed by atoms with Crippen LogP contribution in [0.3, 0.4) is 0 Å². The van der Waals surface area contributed by atoms with Crippen molar-refractivity contribution in [2.45, 2.75) is 6.61 Å². The Bertz CT molecular complexity index is 488. The van der Waals surface area contributed by atoms with E-state index in [1.807, 2.05) is 0 Å². The molecule has 0 spiro atoms. The number of guanidine groups is 2. The van der Waals surface area contributed by atoms with Gasteiger partial charge in [0.05, 0.1) is 5.02 Å². The molecular weight excluding hydrogens is 268 g/mol. The molecule has 0 aromatic heterocycles. The lowest BCUT2D eigenvalue weighted by Crippen LogP contribution is -2.26. The number of nitrogens with two attached hydrogens (primary N) is 3. The minimum atomic E-state index is -3.04. The molecule has 0 saturated carbocycles. The number of aliphatic imine (C=N–C) groups is 2. The van der Waals surface area contributed by atoms with Crippen molar-refractivity contribution in [2.24, 2.45) is 27.2 Å². The molecule has 0 bridgehead atoms. The Morgan fingerprint density at radius 1 is 1.28 bits per heavy atom. The molecule has 0 unspecified atom stereocenters. The highest BCUT2D eigenvalue weighted by Gasteiger charge is 2.13. The maximum atomic E-state index is 12.2. The Labute approximate surface area is 106 Å². The minimum absolute atomic E-state index is 0.00898. The number of nitrogens with zero attached hydrogens (tertiary/aromatic N) is 2. The first-order chi connectivity index (χ1) is 8.40. The van der Waals surface area contributed by atoms with E-state index in [0.29, 0.717) is 0 Å². The van der Waals surface area contributed by atoms with Crippen LogP contribution in [0.2, 0.25) is 5.02 Å². The summed E-state index contributed by atoms with van der Waals surface area (Å²) in [6.07, 6.45) is 0. The zero-order valence-electron chi connectivity index (χ0n) is 8.98. The van der Waals surface area contributed by atoms with Gasteiger partial charge in [0, 0.05) is 0 Å². The van der Waals surface area contributed by atoms with E-state index in [9.17, 15) is 8.78 Å². The van der Waals surface area contributed by atoms with Crippen molar-refractivity contribution in [3.05, 3.63) is 23.2 Å². The van der Waals surface area contributed by atoms with Crippen molar-refractivity contribution >= 4 is 29.2 Å². The fraction of sp³-hybridized carbons (Fsp3) is 0.111. The Kier molecular flexibility index (Phi) is 4.67. The molecule has 0 saturated heterocycles. The van der Waals surface area contributed by atoms with E-state index < -0.39 is 6.61 Å². The molecular formula is C9H10ClF2N5O. The van der Waals surface area contributed by atoms with Crippen molar-refractivity contribution in [1.82, 2.24) is 0 Å². The maximum absolute atomic E-state index is 12.2. The summed E-state index contributed by atoms with van der Waals surface area (Å²) < 4.78 is 28.6. The minimum Gasteiger partial charge on any atom is -0.431 e. The molecule has 18 heavy (non-hydrogen) atoms. The molecule has 1 aromatic carbocycles. The molecule has 98 valence electrons. The molecule has 0 aliphatic rings. The van der Waals surface area contributed by atoms with Crippen LogP contribution in [0.25, 0.3) is 0 Å². The monoisotopic (exact) mass is 277 g/mol. The summed E-state index contributed by atoms with van der Waals surface area (Å²) in [4.78, 5) is 7.15. The van der Waals surface area contributed by atoms with Gasteiger partial charge in [-0.1, -0.05) is 17.7 Å². The van der Waals surface area contributed by atoms with E-state index in [0.717, 1.165) is 0 Å². The van der Waals surface area contributed by atoms with E-state index >= 15 is 0 Å². The van der Waals surface area contributed by atoms with Crippen LogP contribution in [0, 0.1) is 0 Å². The van der Waals surface area contributed by atoms with E-state index in [-0.39, 0.29) is 28.4 Å². The molecule has 6 nitrogen and oxygen atoms in total. The lowest BCUT2D eigenvalue weighted by Gasteiger charge is -2.09. The van der Waals surface area contributed by atoms with Crippen molar-refractivity contribution in [3.8, 4) is 5.75 Å². The molecule has 1 aromatic rings. The lowest BCUT2D eigenvalue weighted by molar-refractivity contribution is -0.0493. The topological polar surface area (TPSA) is 112 Å². The van der Waals surface area contributed by atoms with Crippen LogP contribution in [0.15, 0.2) is 28.2 Å². The van der Waals surface area contributed by atoms with Crippen LogP contribution in [0.4, 0.5) is 14.5 Å². The molecule has 0 atom stereocenters. The molecule has 1 rings (SSSR count). The van der Waals surface area contributed by atoms with Crippen LogP contribution in [0.5, 0.6) is 5.75 Å². The van der Waals surface area contributed by atoms with Crippen molar-refractivity contribution in [1.29, 1.82) is 0 Å². The average Bonchev–Trinajstić information content (AvgIpc) is 2.21. The fourth-order valence-electron chi connectivity index (χ4n) is 1.07. The Morgan fingerprint density at radius 2 is 1.94 bits per heavy atom. The molecule has 0 aliphatic carbocycles. The first kappa shape index (κ1) is 14.0. The zero-order chi connectivity index (χ0) is 13.7. The van der Waals surface area contributed by atoms with E-state index in [1.54, 1.807) is 0 Å². The summed E-state index contributed by atoms with van der Waals surface area (Å²) in [5.74, 6) is -0.922. The lowest BCUT2D eigenvalue weighted by atomic mass is 10.3. The number of benzene rings is 1. The second-order valence-corrected chi connectivity index (χ2v) is 3.38. The smallest absolute Gasteiger partial charge is 0.387 e. The number of rotatable bonds is 3. The Balaban J connectivity index is 3.16. The molecule has 0 fully saturated rings. The van der Waals surface area contributed by atoms with E-state index in [2.05, 4.69) is 14.7 Å². The van der Waals surface area contributed by atoms with Gasteiger partial charge in [-0.25, -0.2) is 4.99 Å². The zero-order valence-corrected chi connectivity index (χ0v) is 9.73. The number of hydrogen-bond acceptors (Lipinski definition) is 2. The predicted octanol–water partition coefficient (Wildman–Crippen LogP) is 1.16. The SMILES string of the molecule is NC(N)=NC(N)=Nc1cccc(Cl)c1OC(F)F. The summed E-state index contributed by atoms with van der Waals surface area (Å²) in [6, 6.07) is 4.23. The maximum Gasteiger partial charge on any atom is 0.387 e. The van der Waals surface area contributed by atoms with Gasteiger partial charge in [-0.2, -0.15) is 13.8 Å². The first-order valence-corrected chi connectivity index (χ1v) is 4.95. The van der Waals surface area contributed by atoms with Crippen molar-refractivity contribution in [2.75, 3.05) is 0 Å². The van der Waals surface area contributed by atoms with Crippen LogP contribution in [-0.2, 0) is 0 Å². The van der Waals surface area contributed by atoms with Crippen LogP contribution in [-0.4, -0.2) is 18.5 Å². The number of alkyl halides is 2. The van der Waals surface area contributed by atoms with Gasteiger partial charge in [0.15, 0.2) is 11.7 Å². The van der Waals surface area contributed by atoms with E-state index in [1.165, 1.54) is 18.2 Å². The first-order valence-electron chi connectivity index (χ1n) is 4.57. The standard InChI is InChI=1S/C9H10ClF2N5O/c10-4-2-1-3-5(6(4)18-7(11)12)16-9(15)17-8(13)14/h1-3,7H,(H6,13,14,15,16,17).